The Bertz CT molecular complexity index is 491. The summed E-state index contributed by atoms with van der Waals surface area (Å²) in [4.78, 5) is 4.43. The maximum Gasteiger partial charge on any atom is 0.0430 e. The molecule has 0 bridgehead atoms. The summed E-state index contributed by atoms with van der Waals surface area (Å²) in [6.07, 6.45) is 2.89. The van der Waals surface area contributed by atoms with Crippen molar-refractivity contribution in [2.24, 2.45) is 4.99 Å². The van der Waals surface area contributed by atoms with E-state index in [2.05, 4.69) is 51.3 Å². The van der Waals surface area contributed by atoms with Gasteiger partial charge in [-0.2, -0.15) is 0 Å². The van der Waals surface area contributed by atoms with Crippen LogP contribution < -0.4 is 0 Å². The third-order valence-corrected chi connectivity index (χ3v) is 3.28. The quantitative estimate of drug-likeness (QED) is 0.751. The van der Waals surface area contributed by atoms with Crippen LogP contribution in [0.3, 0.4) is 0 Å². The first-order chi connectivity index (χ1) is 8.36. The molecule has 0 aliphatic rings. The zero-order valence-electron chi connectivity index (χ0n) is 9.51. The molecule has 0 N–H and O–H groups in total. The Kier molecular flexibility index (Phi) is 4.51. The molecule has 2 rings (SSSR count). The highest BCUT2D eigenvalue weighted by molar-refractivity contribution is 9.10. The Morgan fingerprint density at radius 1 is 0.941 bits per heavy atom. The van der Waals surface area contributed by atoms with E-state index in [-0.39, 0.29) is 0 Å². The van der Waals surface area contributed by atoms with Gasteiger partial charge < -0.3 is 0 Å². The fraction of sp³-hybridized carbons (Fsp3) is 0.133. The molecule has 0 aromatic heterocycles. The van der Waals surface area contributed by atoms with Gasteiger partial charge in [-0.15, -0.1) is 0 Å². The minimum atomic E-state index is 0.817. The summed E-state index contributed by atoms with van der Waals surface area (Å²) >= 11 is 3.54. The zero-order chi connectivity index (χ0) is 11.9. The number of hydrogen-bond donors (Lipinski definition) is 0. The maximum atomic E-state index is 4.43. The van der Waals surface area contributed by atoms with Crippen LogP contribution in [-0.4, -0.2) is 12.8 Å². The number of benzene rings is 2. The van der Waals surface area contributed by atoms with Crippen LogP contribution in [0.25, 0.3) is 0 Å². The Morgan fingerprint density at radius 3 is 2.41 bits per heavy atom. The lowest BCUT2D eigenvalue weighted by Gasteiger charge is -2.00. The molecule has 86 valence electrons. The van der Waals surface area contributed by atoms with Crippen molar-refractivity contribution in [3.05, 3.63) is 70.2 Å². The van der Waals surface area contributed by atoms with Gasteiger partial charge in [-0.25, -0.2) is 0 Å². The number of nitrogens with zero attached hydrogens (tertiary/aromatic N) is 1. The second kappa shape index (κ2) is 6.36. The standard InChI is InChI=1S/C15H14BrN/c16-15-9-5-4-8-14(15)10-11-17-12-13-6-2-1-3-7-13/h1-9,12H,10-11H2. The van der Waals surface area contributed by atoms with Crippen LogP contribution in [0.1, 0.15) is 11.1 Å². The van der Waals surface area contributed by atoms with E-state index < -0.39 is 0 Å². The fourth-order valence-corrected chi connectivity index (χ4v) is 2.08. The average Bonchev–Trinajstić information content (AvgIpc) is 2.38. The molecule has 0 radical (unpaired) electrons. The molecule has 0 amide bonds. The predicted molar refractivity (Wildman–Crippen MR) is 76.7 cm³/mol. The minimum absolute atomic E-state index is 0.817. The van der Waals surface area contributed by atoms with Crippen molar-refractivity contribution in [3.63, 3.8) is 0 Å². The third-order valence-electron chi connectivity index (χ3n) is 2.51. The first-order valence-corrected chi connectivity index (χ1v) is 6.44. The predicted octanol–water partition coefficient (Wildman–Crippen LogP) is 4.11. The van der Waals surface area contributed by atoms with Crippen molar-refractivity contribution in [2.45, 2.75) is 6.42 Å². The van der Waals surface area contributed by atoms with Crippen molar-refractivity contribution in [1.29, 1.82) is 0 Å². The molecule has 1 nitrogen and oxygen atoms in total. The summed E-state index contributed by atoms with van der Waals surface area (Å²) in [5.41, 5.74) is 2.46. The van der Waals surface area contributed by atoms with Gasteiger partial charge in [0.25, 0.3) is 0 Å². The second-order valence-electron chi connectivity index (χ2n) is 3.79. The Morgan fingerprint density at radius 2 is 1.65 bits per heavy atom. The van der Waals surface area contributed by atoms with E-state index in [1.807, 2.05) is 30.5 Å². The number of rotatable bonds is 4. The highest BCUT2D eigenvalue weighted by Crippen LogP contribution is 2.16. The number of halogens is 1. The van der Waals surface area contributed by atoms with Crippen molar-refractivity contribution in [1.82, 2.24) is 0 Å². The molecule has 2 aromatic carbocycles. The van der Waals surface area contributed by atoms with E-state index >= 15 is 0 Å². The molecule has 0 aliphatic heterocycles. The lowest BCUT2D eigenvalue weighted by molar-refractivity contribution is 0.968. The monoisotopic (exact) mass is 287 g/mol. The normalized spacial score (nSPS) is 10.9. The molecule has 17 heavy (non-hydrogen) atoms. The SMILES string of the molecule is Brc1ccccc1CCN=Cc1ccccc1. The molecule has 0 saturated carbocycles. The molecule has 0 fully saturated rings. The summed E-state index contributed by atoms with van der Waals surface area (Å²) in [6.45, 7) is 0.817. The maximum absolute atomic E-state index is 4.43. The van der Waals surface area contributed by atoms with Crippen LogP contribution in [-0.2, 0) is 6.42 Å². The summed E-state index contributed by atoms with van der Waals surface area (Å²) in [5, 5.41) is 0. The van der Waals surface area contributed by atoms with Gasteiger partial charge in [0.15, 0.2) is 0 Å². The molecular weight excluding hydrogens is 274 g/mol. The molecule has 0 heterocycles. The van der Waals surface area contributed by atoms with Gasteiger partial charge in [-0.05, 0) is 23.6 Å². The summed E-state index contributed by atoms with van der Waals surface area (Å²) in [6, 6.07) is 18.5. The Balaban J connectivity index is 1.88. The van der Waals surface area contributed by atoms with Gasteiger partial charge in [0, 0.05) is 17.2 Å². The molecule has 0 aliphatic carbocycles. The largest absolute Gasteiger partial charge is 0.292 e. The van der Waals surface area contributed by atoms with E-state index in [0.717, 1.165) is 23.0 Å². The first-order valence-electron chi connectivity index (χ1n) is 5.64. The third kappa shape index (κ3) is 3.82. The van der Waals surface area contributed by atoms with Crippen LogP contribution in [0.5, 0.6) is 0 Å². The highest BCUT2D eigenvalue weighted by atomic mass is 79.9. The van der Waals surface area contributed by atoms with Gasteiger partial charge in [0.2, 0.25) is 0 Å². The van der Waals surface area contributed by atoms with E-state index in [9.17, 15) is 0 Å². The molecule has 2 heteroatoms. The first kappa shape index (κ1) is 12.1. The van der Waals surface area contributed by atoms with Gasteiger partial charge >= 0.3 is 0 Å². The second-order valence-corrected chi connectivity index (χ2v) is 4.64. The van der Waals surface area contributed by atoms with Crippen LogP contribution in [0, 0.1) is 0 Å². The van der Waals surface area contributed by atoms with Gasteiger partial charge in [-0.1, -0.05) is 64.5 Å². The molecule has 0 saturated heterocycles. The van der Waals surface area contributed by atoms with Crippen molar-refractivity contribution < 1.29 is 0 Å². The van der Waals surface area contributed by atoms with Crippen LogP contribution in [0.2, 0.25) is 0 Å². The van der Waals surface area contributed by atoms with Crippen LogP contribution in [0.15, 0.2) is 64.1 Å². The van der Waals surface area contributed by atoms with E-state index in [4.69, 9.17) is 0 Å². The zero-order valence-corrected chi connectivity index (χ0v) is 11.1. The fourth-order valence-electron chi connectivity index (χ4n) is 1.60. The molecule has 0 atom stereocenters. The molecule has 0 spiro atoms. The number of aliphatic imine (C=N–C) groups is 1. The van der Waals surface area contributed by atoms with Crippen molar-refractivity contribution >= 4 is 22.1 Å². The van der Waals surface area contributed by atoms with E-state index in [1.54, 1.807) is 0 Å². The van der Waals surface area contributed by atoms with Crippen LogP contribution in [0.4, 0.5) is 0 Å². The lowest BCUT2D eigenvalue weighted by Crippen LogP contribution is -1.91. The topological polar surface area (TPSA) is 12.4 Å². The summed E-state index contributed by atoms with van der Waals surface area (Å²) in [7, 11) is 0. The Labute approximate surface area is 110 Å². The average molecular weight is 288 g/mol. The summed E-state index contributed by atoms with van der Waals surface area (Å²) < 4.78 is 1.16. The van der Waals surface area contributed by atoms with Crippen molar-refractivity contribution in [2.75, 3.05) is 6.54 Å². The van der Waals surface area contributed by atoms with E-state index in [1.165, 1.54) is 5.56 Å². The lowest BCUT2D eigenvalue weighted by atomic mass is 10.1. The number of hydrogen-bond acceptors (Lipinski definition) is 1. The minimum Gasteiger partial charge on any atom is -0.292 e. The van der Waals surface area contributed by atoms with Gasteiger partial charge in [-0.3, -0.25) is 4.99 Å². The van der Waals surface area contributed by atoms with Gasteiger partial charge in [0.05, 0.1) is 0 Å². The van der Waals surface area contributed by atoms with Crippen LogP contribution >= 0.6 is 15.9 Å². The molecular formula is C15H14BrN. The van der Waals surface area contributed by atoms with E-state index in [0.29, 0.717) is 0 Å². The molecule has 2 aromatic rings. The summed E-state index contributed by atoms with van der Waals surface area (Å²) in [5.74, 6) is 0. The smallest absolute Gasteiger partial charge is 0.0430 e. The molecule has 0 unspecified atom stereocenters. The Hall–Kier alpha value is -1.41. The highest BCUT2D eigenvalue weighted by Gasteiger charge is 1.96. The van der Waals surface area contributed by atoms with Gasteiger partial charge in [0.1, 0.15) is 0 Å². The van der Waals surface area contributed by atoms with Crippen molar-refractivity contribution in [3.8, 4) is 0 Å².